The fraction of sp³-hybridized carbons (Fsp3) is 0.400. The van der Waals surface area contributed by atoms with E-state index in [1.54, 1.807) is 18.3 Å². The number of aromatic nitrogens is 1. The van der Waals surface area contributed by atoms with Gasteiger partial charge in [0.1, 0.15) is 13.2 Å². The molecule has 112 valence electrons. The molecule has 1 aliphatic heterocycles. The quantitative estimate of drug-likeness (QED) is 0.793. The number of hydrogen-bond acceptors (Lipinski definition) is 5. The molecule has 0 saturated carbocycles. The van der Waals surface area contributed by atoms with Gasteiger partial charge in [0, 0.05) is 23.7 Å². The number of nitrogens with one attached hydrogen (secondary N) is 1. The molecule has 1 aromatic heterocycles. The van der Waals surface area contributed by atoms with E-state index in [-0.39, 0.29) is 5.43 Å². The van der Waals surface area contributed by atoms with Crippen LogP contribution >= 0.6 is 0 Å². The predicted molar refractivity (Wildman–Crippen MR) is 77.2 cm³/mol. The van der Waals surface area contributed by atoms with E-state index in [4.69, 9.17) is 18.9 Å². The molecule has 0 spiro atoms. The van der Waals surface area contributed by atoms with Crippen molar-refractivity contribution in [1.29, 1.82) is 0 Å². The number of ether oxygens (including phenoxy) is 4. The Morgan fingerprint density at radius 2 is 1.48 bits per heavy atom. The summed E-state index contributed by atoms with van der Waals surface area (Å²) in [4.78, 5) is 14.9. The Morgan fingerprint density at radius 1 is 0.857 bits per heavy atom. The maximum absolute atomic E-state index is 11.9. The zero-order valence-electron chi connectivity index (χ0n) is 11.6. The number of aromatic amines is 1. The molecule has 6 nitrogen and oxygen atoms in total. The minimum absolute atomic E-state index is 0.0548. The second-order valence-corrected chi connectivity index (χ2v) is 4.61. The number of H-pyrrole nitrogens is 1. The summed E-state index contributed by atoms with van der Waals surface area (Å²) in [5.41, 5.74) is 0.662. The largest absolute Gasteiger partial charge is 0.487 e. The lowest BCUT2D eigenvalue weighted by molar-refractivity contribution is 0.0224. The number of hydrogen-bond donors (Lipinski definition) is 1. The zero-order valence-corrected chi connectivity index (χ0v) is 11.6. The monoisotopic (exact) mass is 291 g/mol. The second-order valence-electron chi connectivity index (χ2n) is 4.61. The number of rotatable bonds is 0. The summed E-state index contributed by atoms with van der Waals surface area (Å²) < 4.78 is 22.1. The van der Waals surface area contributed by atoms with Crippen LogP contribution in [0.4, 0.5) is 0 Å². The summed E-state index contributed by atoms with van der Waals surface area (Å²) in [5.74, 6) is 1.14. The lowest BCUT2D eigenvalue weighted by Crippen LogP contribution is -2.16. The molecule has 6 heteroatoms. The summed E-state index contributed by atoms with van der Waals surface area (Å²) in [5, 5.41) is 0.573. The van der Waals surface area contributed by atoms with Crippen molar-refractivity contribution in [2.45, 2.75) is 0 Å². The maximum atomic E-state index is 11.9. The summed E-state index contributed by atoms with van der Waals surface area (Å²) >= 11 is 0. The van der Waals surface area contributed by atoms with Gasteiger partial charge in [0.15, 0.2) is 16.9 Å². The molecule has 0 unspecified atom stereocenters. The van der Waals surface area contributed by atoms with E-state index in [0.717, 1.165) is 0 Å². The molecular formula is C15H17NO5. The summed E-state index contributed by atoms with van der Waals surface area (Å²) in [6.45, 7) is 2.83. The van der Waals surface area contributed by atoms with Gasteiger partial charge in [-0.1, -0.05) is 0 Å². The third kappa shape index (κ3) is 3.34. The molecule has 0 fully saturated rings. The Bertz CT molecular complexity index is 667. The van der Waals surface area contributed by atoms with Gasteiger partial charge in [-0.05, 0) is 6.07 Å². The molecule has 2 heterocycles. The smallest absolute Gasteiger partial charge is 0.189 e. The average molecular weight is 291 g/mol. The van der Waals surface area contributed by atoms with Gasteiger partial charge in [0.25, 0.3) is 0 Å². The number of fused-ring (bicyclic) bond motifs is 2. The third-order valence-electron chi connectivity index (χ3n) is 3.17. The molecule has 0 saturated heterocycles. The van der Waals surface area contributed by atoms with Gasteiger partial charge in [-0.3, -0.25) is 4.79 Å². The highest BCUT2D eigenvalue weighted by molar-refractivity contribution is 5.82. The van der Waals surface area contributed by atoms with Crippen molar-refractivity contribution >= 4 is 10.9 Å². The van der Waals surface area contributed by atoms with Crippen LogP contribution in [0.1, 0.15) is 0 Å². The van der Waals surface area contributed by atoms with Crippen LogP contribution in [0.2, 0.25) is 0 Å². The molecule has 1 N–H and O–H groups in total. The van der Waals surface area contributed by atoms with Gasteiger partial charge < -0.3 is 23.9 Å². The molecule has 1 aromatic carbocycles. The molecule has 0 atom stereocenters. The molecule has 0 radical (unpaired) electrons. The molecule has 21 heavy (non-hydrogen) atoms. The van der Waals surface area contributed by atoms with Crippen LogP contribution in [0.5, 0.6) is 11.5 Å². The first-order chi connectivity index (χ1) is 10.3. The van der Waals surface area contributed by atoms with Crippen LogP contribution < -0.4 is 14.9 Å². The molecule has 0 amide bonds. The highest BCUT2D eigenvalue weighted by Gasteiger charge is 2.10. The van der Waals surface area contributed by atoms with Crippen molar-refractivity contribution < 1.29 is 18.9 Å². The zero-order chi connectivity index (χ0) is 14.5. The lowest BCUT2D eigenvalue weighted by atomic mass is 10.2. The highest BCUT2D eigenvalue weighted by Crippen LogP contribution is 2.30. The topological polar surface area (TPSA) is 69.8 Å². The maximum Gasteiger partial charge on any atom is 0.189 e. The van der Waals surface area contributed by atoms with Crippen molar-refractivity contribution in [3.05, 3.63) is 34.6 Å². The Labute approximate surface area is 121 Å². The minimum atomic E-state index is -0.0548. The Balaban J connectivity index is 1.94. The Morgan fingerprint density at radius 3 is 2.19 bits per heavy atom. The van der Waals surface area contributed by atoms with E-state index in [2.05, 4.69) is 4.98 Å². The van der Waals surface area contributed by atoms with Crippen LogP contribution in [0.15, 0.2) is 29.2 Å². The summed E-state index contributed by atoms with van der Waals surface area (Å²) in [7, 11) is 0. The van der Waals surface area contributed by atoms with Crippen molar-refractivity contribution in [2.24, 2.45) is 0 Å². The average Bonchev–Trinajstić information content (AvgIpc) is 2.48. The van der Waals surface area contributed by atoms with E-state index in [1.807, 2.05) is 0 Å². The molecular weight excluding hydrogens is 274 g/mol. The standard InChI is InChI=1S/C15H17NO5/c17-13-1-2-16-12-10-15-14(9-11(12)13)20-7-5-18-3-4-19-6-8-21-15/h1-2,9-10H,3-8H2,(H,16,17). The van der Waals surface area contributed by atoms with Crippen molar-refractivity contribution in [2.75, 3.05) is 39.6 Å². The van der Waals surface area contributed by atoms with Crippen molar-refractivity contribution in [3.8, 4) is 11.5 Å². The molecule has 3 rings (SSSR count). The van der Waals surface area contributed by atoms with Gasteiger partial charge in [0.05, 0.1) is 31.9 Å². The Kier molecular flexibility index (Phi) is 4.37. The van der Waals surface area contributed by atoms with E-state index in [0.29, 0.717) is 62.0 Å². The van der Waals surface area contributed by atoms with E-state index >= 15 is 0 Å². The van der Waals surface area contributed by atoms with Gasteiger partial charge in [-0.25, -0.2) is 0 Å². The molecule has 2 aromatic rings. The van der Waals surface area contributed by atoms with Gasteiger partial charge in [-0.15, -0.1) is 0 Å². The SMILES string of the molecule is O=c1cc[nH]c2cc3c(cc12)OCCOCCOCCO3. The number of benzene rings is 1. The number of pyridine rings is 1. The normalized spacial score (nSPS) is 17.0. The van der Waals surface area contributed by atoms with Gasteiger partial charge in [0.2, 0.25) is 0 Å². The van der Waals surface area contributed by atoms with E-state index < -0.39 is 0 Å². The molecule has 1 aliphatic rings. The molecule has 0 bridgehead atoms. The van der Waals surface area contributed by atoms with Crippen LogP contribution in [-0.2, 0) is 9.47 Å². The second kappa shape index (κ2) is 6.60. The van der Waals surface area contributed by atoms with Crippen molar-refractivity contribution in [1.82, 2.24) is 4.98 Å². The lowest BCUT2D eigenvalue weighted by Gasteiger charge is -2.15. The van der Waals surface area contributed by atoms with Crippen LogP contribution in [0.25, 0.3) is 10.9 Å². The predicted octanol–water partition coefficient (Wildman–Crippen LogP) is 1.33. The van der Waals surface area contributed by atoms with Crippen LogP contribution in [-0.4, -0.2) is 44.6 Å². The van der Waals surface area contributed by atoms with Gasteiger partial charge in [-0.2, -0.15) is 0 Å². The van der Waals surface area contributed by atoms with Crippen LogP contribution in [0.3, 0.4) is 0 Å². The van der Waals surface area contributed by atoms with E-state index in [1.165, 1.54) is 6.07 Å². The fourth-order valence-corrected chi connectivity index (χ4v) is 2.15. The summed E-state index contributed by atoms with van der Waals surface area (Å²) in [6, 6.07) is 4.97. The van der Waals surface area contributed by atoms with E-state index in [9.17, 15) is 4.79 Å². The fourth-order valence-electron chi connectivity index (χ4n) is 2.15. The Hall–Kier alpha value is -2.05. The minimum Gasteiger partial charge on any atom is -0.487 e. The first kappa shape index (κ1) is 13.9. The first-order valence-corrected chi connectivity index (χ1v) is 6.91. The van der Waals surface area contributed by atoms with Crippen molar-refractivity contribution in [3.63, 3.8) is 0 Å². The molecule has 0 aliphatic carbocycles. The van der Waals surface area contributed by atoms with Gasteiger partial charge >= 0.3 is 0 Å². The first-order valence-electron chi connectivity index (χ1n) is 6.91. The third-order valence-corrected chi connectivity index (χ3v) is 3.17. The highest BCUT2D eigenvalue weighted by atomic mass is 16.6. The summed E-state index contributed by atoms with van der Waals surface area (Å²) in [6.07, 6.45) is 1.62. The van der Waals surface area contributed by atoms with Crippen LogP contribution in [0, 0.1) is 0 Å².